The second kappa shape index (κ2) is 4.60. The van der Waals surface area contributed by atoms with Gasteiger partial charge in [-0.15, -0.1) is 0 Å². The third-order valence-corrected chi connectivity index (χ3v) is 3.40. The van der Waals surface area contributed by atoms with Crippen molar-refractivity contribution in [3.05, 3.63) is 12.1 Å². The quantitative estimate of drug-likeness (QED) is 0.714. The Labute approximate surface area is 96.4 Å². The smallest absolute Gasteiger partial charge is 0.149 e. The van der Waals surface area contributed by atoms with E-state index in [0.717, 1.165) is 5.82 Å². The van der Waals surface area contributed by atoms with Gasteiger partial charge in [0.25, 0.3) is 0 Å². The molecular formula is C12H20N4. The van der Waals surface area contributed by atoms with Crippen LogP contribution in [0.4, 0.5) is 17.3 Å². The molecule has 2 rings (SSSR count). The summed E-state index contributed by atoms with van der Waals surface area (Å²) in [6.07, 6.45) is 5.15. The molecule has 1 saturated carbocycles. The van der Waals surface area contributed by atoms with Crippen LogP contribution in [0.3, 0.4) is 0 Å². The minimum Gasteiger partial charge on any atom is -0.396 e. The molecule has 5 N–H and O–H groups in total. The number of nitrogens with two attached hydrogens (primary N) is 2. The van der Waals surface area contributed by atoms with Crippen molar-refractivity contribution >= 4 is 17.3 Å². The molecule has 0 bridgehead atoms. The fourth-order valence-corrected chi connectivity index (χ4v) is 2.29. The summed E-state index contributed by atoms with van der Waals surface area (Å²) in [5, 5.41) is 3.45. The molecule has 0 aromatic carbocycles. The molecular weight excluding hydrogens is 200 g/mol. The van der Waals surface area contributed by atoms with Gasteiger partial charge in [0.2, 0.25) is 0 Å². The van der Waals surface area contributed by atoms with Gasteiger partial charge in [-0.3, -0.25) is 0 Å². The molecule has 0 aliphatic heterocycles. The van der Waals surface area contributed by atoms with Gasteiger partial charge in [0.15, 0.2) is 0 Å². The van der Waals surface area contributed by atoms with Gasteiger partial charge in [0.05, 0.1) is 5.69 Å². The molecule has 2 atom stereocenters. The summed E-state index contributed by atoms with van der Waals surface area (Å²) < 4.78 is 0. The van der Waals surface area contributed by atoms with Crippen LogP contribution in [0.5, 0.6) is 0 Å². The highest BCUT2D eigenvalue weighted by atomic mass is 15.0. The van der Waals surface area contributed by atoms with Gasteiger partial charge in [-0.1, -0.05) is 19.8 Å². The first-order chi connectivity index (χ1) is 7.66. The molecule has 1 aliphatic rings. The third kappa shape index (κ3) is 2.38. The van der Waals surface area contributed by atoms with Crippen molar-refractivity contribution in [1.82, 2.24) is 4.98 Å². The Balaban J connectivity index is 2.05. The molecule has 4 heteroatoms. The monoisotopic (exact) mass is 220 g/mol. The predicted octanol–water partition coefficient (Wildman–Crippen LogP) is 2.24. The Kier molecular flexibility index (Phi) is 3.17. The second-order valence-corrected chi connectivity index (χ2v) is 4.68. The number of anilines is 3. The van der Waals surface area contributed by atoms with Gasteiger partial charge in [0, 0.05) is 6.04 Å². The Morgan fingerprint density at radius 1 is 1.25 bits per heavy atom. The van der Waals surface area contributed by atoms with Crippen molar-refractivity contribution in [1.29, 1.82) is 0 Å². The van der Waals surface area contributed by atoms with Crippen LogP contribution < -0.4 is 16.8 Å². The van der Waals surface area contributed by atoms with Crippen LogP contribution in [0.25, 0.3) is 0 Å². The number of nitrogens with zero attached hydrogens (tertiary/aromatic N) is 1. The van der Waals surface area contributed by atoms with Crippen LogP contribution in [-0.4, -0.2) is 11.0 Å². The van der Waals surface area contributed by atoms with Crippen LogP contribution in [0.1, 0.15) is 32.6 Å². The zero-order valence-corrected chi connectivity index (χ0v) is 9.74. The first kappa shape index (κ1) is 11.0. The highest BCUT2D eigenvalue weighted by Crippen LogP contribution is 2.26. The predicted molar refractivity (Wildman–Crippen MR) is 68.1 cm³/mol. The minimum absolute atomic E-state index is 0.411. The van der Waals surface area contributed by atoms with E-state index in [1.54, 1.807) is 6.07 Å². The van der Waals surface area contributed by atoms with Gasteiger partial charge < -0.3 is 16.8 Å². The summed E-state index contributed by atoms with van der Waals surface area (Å²) in [7, 11) is 0. The van der Waals surface area contributed by atoms with Crippen molar-refractivity contribution in [2.24, 2.45) is 5.92 Å². The summed E-state index contributed by atoms with van der Waals surface area (Å²) >= 11 is 0. The molecule has 2 unspecified atom stereocenters. The molecule has 16 heavy (non-hydrogen) atoms. The van der Waals surface area contributed by atoms with E-state index < -0.39 is 0 Å². The highest BCUT2D eigenvalue weighted by molar-refractivity contribution is 5.61. The molecule has 1 heterocycles. The second-order valence-electron chi connectivity index (χ2n) is 4.68. The van der Waals surface area contributed by atoms with Crippen molar-refractivity contribution in [3.63, 3.8) is 0 Å². The zero-order chi connectivity index (χ0) is 11.5. The lowest BCUT2D eigenvalue weighted by atomic mass is 9.86. The Bertz CT molecular complexity index is 364. The van der Waals surface area contributed by atoms with Crippen molar-refractivity contribution in [3.8, 4) is 0 Å². The molecule has 0 spiro atoms. The topological polar surface area (TPSA) is 77.0 Å². The maximum Gasteiger partial charge on any atom is 0.149 e. The molecule has 1 aromatic rings. The van der Waals surface area contributed by atoms with Gasteiger partial charge >= 0.3 is 0 Å². The SMILES string of the molecule is CC1CCCCC1Nc1ccc(N)c(N)n1. The Hall–Kier alpha value is -1.45. The van der Waals surface area contributed by atoms with E-state index in [1.165, 1.54) is 25.7 Å². The fraction of sp³-hybridized carbons (Fsp3) is 0.583. The minimum atomic E-state index is 0.411. The number of pyridine rings is 1. The van der Waals surface area contributed by atoms with Crippen LogP contribution in [0, 0.1) is 5.92 Å². The molecule has 1 fully saturated rings. The maximum absolute atomic E-state index is 5.68. The van der Waals surface area contributed by atoms with Crippen LogP contribution in [-0.2, 0) is 0 Å². The number of nitrogens with one attached hydrogen (secondary N) is 1. The standard InChI is InChI=1S/C12H20N4/c1-8-4-2-3-5-10(8)15-11-7-6-9(13)12(14)16-11/h6-8,10H,2-5,13H2,1H3,(H3,14,15,16). The molecule has 0 amide bonds. The van der Waals surface area contributed by atoms with Crippen LogP contribution in [0.15, 0.2) is 12.1 Å². The normalized spacial score (nSPS) is 25.3. The van der Waals surface area contributed by atoms with E-state index in [0.29, 0.717) is 23.5 Å². The van der Waals surface area contributed by atoms with E-state index in [4.69, 9.17) is 11.5 Å². The van der Waals surface area contributed by atoms with E-state index in [2.05, 4.69) is 17.2 Å². The molecule has 0 saturated heterocycles. The molecule has 4 nitrogen and oxygen atoms in total. The third-order valence-electron chi connectivity index (χ3n) is 3.40. The van der Waals surface area contributed by atoms with Gasteiger partial charge in [0.1, 0.15) is 11.6 Å². The van der Waals surface area contributed by atoms with Gasteiger partial charge in [-0.25, -0.2) is 4.98 Å². The lowest BCUT2D eigenvalue weighted by molar-refractivity contribution is 0.349. The fourth-order valence-electron chi connectivity index (χ4n) is 2.29. The zero-order valence-electron chi connectivity index (χ0n) is 9.74. The maximum atomic E-state index is 5.68. The van der Waals surface area contributed by atoms with Crippen molar-refractivity contribution < 1.29 is 0 Å². The molecule has 1 aromatic heterocycles. The Morgan fingerprint density at radius 3 is 2.69 bits per heavy atom. The lowest BCUT2D eigenvalue weighted by Gasteiger charge is -2.30. The molecule has 0 radical (unpaired) electrons. The summed E-state index contributed by atoms with van der Waals surface area (Å²) in [6, 6.07) is 4.22. The van der Waals surface area contributed by atoms with Crippen LogP contribution >= 0.6 is 0 Å². The van der Waals surface area contributed by atoms with E-state index >= 15 is 0 Å². The van der Waals surface area contributed by atoms with E-state index in [9.17, 15) is 0 Å². The largest absolute Gasteiger partial charge is 0.396 e. The molecule has 88 valence electrons. The number of rotatable bonds is 2. The highest BCUT2D eigenvalue weighted by Gasteiger charge is 2.21. The average molecular weight is 220 g/mol. The van der Waals surface area contributed by atoms with Crippen LogP contribution in [0.2, 0.25) is 0 Å². The molecule has 1 aliphatic carbocycles. The first-order valence-electron chi connectivity index (χ1n) is 5.95. The van der Waals surface area contributed by atoms with Crippen molar-refractivity contribution in [2.45, 2.75) is 38.6 Å². The van der Waals surface area contributed by atoms with E-state index in [-0.39, 0.29) is 0 Å². The Morgan fingerprint density at radius 2 is 2.00 bits per heavy atom. The summed E-state index contributed by atoms with van der Waals surface area (Å²) in [5.74, 6) is 1.95. The van der Waals surface area contributed by atoms with Gasteiger partial charge in [-0.2, -0.15) is 0 Å². The number of hydrogen-bond acceptors (Lipinski definition) is 4. The number of aromatic nitrogens is 1. The summed E-state index contributed by atoms with van der Waals surface area (Å²) in [4.78, 5) is 4.24. The number of nitrogen functional groups attached to an aromatic ring is 2. The summed E-state index contributed by atoms with van der Waals surface area (Å²) in [6.45, 7) is 2.29. The number of hydrogen-bond donors (Lipinski definition) is 3. The lowest BCUT2D eigenvalue weighted by Crippen LogP contribution is -2.30. The van der Waals surface area contributed by atoms with E-state index in [1.807, 2.05) is 6.07 Å². The average Bonchev–Trinajstić information content (AvgIpc) is 2.27. The summed E-state index contributed by atoms with van der Waals surface area (Å²) in [5.41, 5.74) is 11.9. The first-order valence-corrected chi connectivity index (χ1v) is 5.95. The van der Waals surface area contributed by atoms with Gasteiger partial charge in [-0.05, 0) is 30.9 Å². The van der Waals surface area contributed by atoms with Crippen molar-refractivity contribution in [2.75, 3.05) is 16.8 Å².